The zero-order valence-electron chi connectivity index (χ0n) is 15.3. The van der Waals surface area contributed by atoms with Crippen LogP contribution >= 0.6 is 0 Å². The standard InChI is InChI=1S/C21H21N3O3/c1-3-15-7-4-6-14(2)19(15)24-20(25)16-9-10-22-18(12-16)21(26)23-13-17-8-5-11-27-17/h4-12H,3,13H2,1-2H3,(H,23,26)(H,24,25). The third kappa shape index (κ3) is 4.41. The van der Waals surface area contributed by atoms with E-state index < -0.39 is 0 Å². The summed E-state index contributed by atoms with van der Waals surface area (Å²) < 4.78 is 5.18. The zero-order chi connectivity index (χ0) is 19.2. The van der Waals surface area contributed by atoms with Gasteiger partial charge in [0.1, 0.15) is 11.5 Å². The van der Waals surface area contributed by atoms with Crippen LogP contribution in [0.5, 0.6) is 0 Å². The number of carbonyl (C=O) groups excluding carboxylic acids is 2. The number of nitrogens with zero attached hydrogens (tertiary/aromatic N) is 1. The van der Waals surface area contributed by atoms with Gasteiger partial charge in [0.2, 0.25) is 0 Å². The van der Waals surface area contributed by atoms with E-state index in [-0.39, 0.29) is 24.1 Å². The molecule has 0 spiro atoms. The molecule has 0 atom stereocenters. The number of pyridine rings is 1. The Morgan fingerprint density at radius 2 is 1.96 bits per heavy atom. The van der Waals surface area contributed by atoms with Gasteiger partial charge in [-0.1, -0.05) is 25.1 Å². The van der Waals surface area contributed by atoms with Crippen molar-refractivity contribution in [1.82, 2.24) is 10.3 Å². The summed E-state index contributed by atoms with van der Waals surface area (Å²) in [4.78, 5) is 29.0. The van der Waals surface area contributed by atoms with Crippen molar-refractivity contribution in [3.8, 4) is 0 Å². The molecule has 2 amide bonds. The molecular weight excluding hydrogens is 342 g/mol. The van der Waals surface area contributed by atoms with Crippen LogP contribution in [-0.2, 0) is 13.0 Å². The van der Waals surface area contributed by atoms with Gasteiger partial charge in [-0.2, -0.15) is 0 Å². The third-order valence-corrected chi connectivity index (χ3v) is 4.24. The summed E-state index contributed by atoms with van der Waals surface area (Å²) in [6, 6.07) is 12.5. The molecule has 2 N–H and O–H groups in total. The van der Waals surface area contributed by atoms with E-state index in [0.29, 0.717) is 11.3 Å². The van der Waals surface area contributed by atoms with E-state index >= 15 is 0 Å². The fourth-order valence-corrected chi connectivity index (χ4v) is 2.75. The Morgan fingerprint density at radius 1 is 1.11 bits per heavy atom. The maximum Gasteiger partial charge on any atom is 0.270 e. The molecule has 0 aliphatic heterocycles. The first kappa shape index (κ1) is 18.4. The molecule has 0 unspecified atom stereocenters. The summed E-state index contributed by atoms with van der Waals surface area (Å²) in [5, 5.41) is 5.67. The van der Waals surface area contributed by atoms with Crippen LogP contribution in [0, 0.1) is 6.92 Å². The molecule has 2 heterocycles. The summed E-state index contributed by atoms with van der Waals surface area (Å²) in [7, 11) is 0. The fourth-order valence-electron chi connectivity index (χ4n) is 2.75. The van der Waals surface area contributed by atoms with Crippen LogP contribution in [0.15, 0.2) is 59.3 Å². The number of rotatable bonds is 6. The Bertz CT molecular complexity index is 949. The molecule has 6 nitrogen and oxygen atoms in total. The molecule has 0 radical (unpaired) electrons. The molecule has 3 aromatic rings. The van der Waals surface area contributed by atoms with Gasteiger partial charge in [0.05, 0.1) is 12.8 Å². The van der Waals surface area contributed by atoms with Crippen molar-refractivity contribution < 1.29 is 14.0 Å². The minimum Gasteiger partial charge on any atom is -0.467 e. The topological polar surface area (TPSA) is 84.2 Å². The number of anilines is 1. The Kier molecular flexibility index (Phi) is 5.66. The predicted molar refractivity (Wildman–Crippen MR) is 103 cm³/mol. The van der Waals surface area contributed by atoms with Gasteiger partial charge < -0.3 is 15.1 Å². The normalized spacial score (nSPS) is 10.4. The molecule has 0 aliphatic carbocycles. The van der Waals surface area contributed by atoms with Crippen LogP contribution in [-0.4, -0.2) is 16.8 Å². The Labute approximate surface area is 157 Å². The first-order valence-corrected chi connectivity index (χ1v) is 8.75. The predicted octanol–water partition coefficient (Wildman–Crippen LogP) is 3.73. The molecule has 0 fully saturated rings. The number of nitrogens with one attached hydrogen (secondary N) is 2. The summed E-state index contributed by atoms with van der Waals surface area (Å²) in [6.45, 7) is 4.25. The minimum atomic E-state index is -0.369. The first-order chi connectivity index (χ1) is 13.1. The molecule has 138 valence electrons. The van der Waals surface area contributed by atoms with Gasteiger partial charge in [-0.05, 0) is 48.7 Å². The SMILES string of the molecule is CCc1cccc(C)c1NC(=O)c1ccnc(C(=O)NCc2ccco2)c1. The smallest absolute Gasteiger partial charge is 0.270 e. The van der Waals surface area contributed by atoms with Crippen LogP contribution in [0.1, 0.15) is 44.7 Å². The number of aromatic nitrogens is 1. The summed E-state index contributed by atoms with van der Waals surface area (Å²) in [5.74, 6) is -0.00318. The average molecular weight is 363 g/mol. The van der Waals surface area contributed by atoms with Crippen molar-refractivity contribution in [2.45, 2.75) is 26.8 Å². The van der Waals surface area contributed by atoms with Crippen LogP contribution in [0.2, 0.25) is 0 Å². The number of hydrogen-bond donors (Lipinski definition) is 2. The van der Waals surface area contributed by atoms with E-state index in [4.69, 9.17) is 4.42 Å². The number of aryl methyl sites for hydroxylation is 2. The van der Waals surface area contributed by atoms with Gasteiger partial charge in [-0.15, -0.1) is 0 Å². The lowest BCUT2D eigenvalue weighted by molar-refractivity contribution is 0.0943. The van der Waals surface area contributed by atoms with Crippen LogP contribution in [0.3, 0.4) is 0 Å². The molecule has 0 aliphatic rings. The Morgan fingerprint density at radius 3 is 2.70 bits per heavy atom. The maximum atomic E-state index is 12.7. The second-order valence-corrected chi connectivity index (χ2v) is 6.11. The highest BCUT2D eigenvalue weighted by atomic mass is 16.3. The third-order valence-electron chi connectivity index (χ3n) is 4.24. The second-order valence-electron chi connectivity index (χ2n) is 6.11. The van der Waals surface area contributed by atoms with E-state index in [1.165, 1.54) is 12.3 Å². The molecular formula is C21H21N3O3. The van der Waals surface area contributed by atoms with Crippen molar-refractivity contribution >= 4 is 17.5 Å². The molecule has 0 saturated carbocycles. The lowest BCUT2D eigenvalue weighted by Gasteiger charge is -2.13. The highest BCUT2D eigenvalue weighted by molar-refractivity contribution is 6.06. The number of carbonyl (C=O) groups is 2. The largest absolute Gasteiger partial charge is 0.467 e. The van der Waals surface area contributed by atoms with Gasteiger partial charge in [0, 0.05) is 17.4 Å². The van der Waals surface area contributed by atoms with Crippen molar-refractivity contribution in [3.05, 3.63) is 83.1 Å². The highest BCUT2D eigenvalue weighted by Crippen LogP contribution is 2.22. The number of furan rings is 1. The fraction of sp³-hybridized carbons (Fsp3) is 0.190. The molecule has 0 saturated heterocycles. The molecule has 2 aromatic heterocycles. The van der Waals surface area contributed by atoms with E-state index in [9.17, 15) is 9.59 Å². The lowest BCUT2D eigenvalue weighted by Crippen LogP contribution is -2.24. The maximum absolute atomic E-state index is 12.7. The molecule has 6 heteroatoms. The number of amides is 2. The summed E-state index contributed by atoms with van der Waals surface area (Å²) in [6.07, 6.45) is 3.81. The number of para-hydroxylation sites is 1. The lowest BCUT2D eigenvalue weighted by atomic mass is 10.1. The van der Waals surface area contributed by atoms with E-state index in [1.54, 1.807) is 24.5 Å². The summed E-state index contributed by atoms with van der Waals surface area (Å²) >= 11 is 0. The van der Waals surface area contributed by atoms with Crippen LogP contribution in [0.4, 0.5) is 5.69 Å². The van der Waals surface area contributed by atoms with E-state index in [2.05, 4.69) is 15.6 Å². The Balaban J connectivity index is 1.73. The average Bonchev–Trinajstić information content (AvgIpc) is 3.21. The van der Waals surface area contributed by atoms with Crippen LogP contribution in [0.25, 0.3) is 0 Å². The number of hydrogen-bond acceptors (Lipinski definition) is 4. The first-order valence-electron chi connectivity index (χ1n) is 8.75. The van der Waals surface area contributed by atoms with Gasteiger partial charge in [0.15, 0.2) is 0 Å². The minimum absolute atomic E-state index is 0.176. The Hall–Kier alpha value is -3.41. The van der Waals surface area contributed by atoms with Crippen molar-refractivity contribution in [1.29, 1.82) is 0 Å². The van der Waals surface area contributed by atoms with Crippen LogP contribution < -0.4 is 10.6 Å². The quantitative estimate of drug-likeness (QED) is 0.699. The van der Waals surface area contributed by atoms with Crippen molar-refractivity contribution in [2.24, 2.45) is 0 Å². The molecule has 27 heavy (non-hydrogen) atoms. The molecule has 1 aromatic carbocycles. The van der Waals surface area contributed by atoms with Gasteiger partial charge in [-0.3, -0.25) is 14.6 Å². The van der Waals surface area contributed by atoms with Crippen molar-refractivity contribution in [3.63, 3.8) is 0 Å². The van der Waals surface area contributed by atoms with Gasteiger partial charge in [-0.25, -0.2) is 0 Å². The molecule has 3 rings (SSSR count). The monoisotopic (exact) mass is 363 g/mol. The van der Waals surface area contributed by atoms with Gasteiger partial charge >= 0.3 is 0 Å². The highest BCUT2D eigenvalue weighted by Gasteiger charge is 2.14. The van der Waals surface area contributed by atoms with E-state index in [1.807, 2.05) is 32.0 Å². The van der Waals surface area contributed by atoms with E-state index in [0.717, 1.165) is 23.2 Å². The summed E-state index contributed by atoms with van der Waals surface area (Å²) in [5.41, 5.74) is 3.42. The molecule has 0 bridgehead atoms. The second kappa shape index (κ2) is 8.31. The number of benzene rings is 1. The van der Waals surface area contributed by atoms with Gasteiger partial charge in [0.25, 0.3) is 11.8 Å². The van der Waals surface area contributed by atoms with Crippen molar-refractivity contribution in [2.75, 3.05) is 5.32 Å². The zero-order valence-corrected chi connectivity index (χ0v) is 15.3.